The fourth-order valence-corrected chi connectivity index (χ4v) is 4.74. The predicted molar refractivity (Wildman–Crippen MR) is 117 cm³/mol. The van der Waals surface area contributed by atoms with Gasteiger partial charge in [0.05, 0.1) is 17.3 Å². The van der Waals surface area contributed by atoms with Crippen molar-refractivity contribution in [3.63, 3.8) is 0 Å². The van der Waals surface area contributed by atoms with Crippen molar-refractivity contribution >= 4 is 16.9 Å². The van der Waals surface area contributed by atoms with Crippen LogP contribution in [0.4, 0.5) is 5.95 Å². The average molecular weight is 398 g/mol. The van der Waals surface area contributed by atoms with Crippen molar-refractivity contribution in [2.45, 2.75) is 82.8 Å². The van der Waals surface area contributed by atoms with Crippen molar-refractivity contribution in [3.8, 4) is 0 Å². The van der Waals surface area contributed by atoms with Gasteiger partial charge in [-0.15, -0.1) is 0 Å². The van der Waals surface area contributed by atoms with Crippen molar-refractivity contribution in [2.24, 2.45) is 0 Å². The van der Waals surface area contributed by atoms with Crippen LogP contribution in [0, 0.1) is 0 Å². The van der Waals surface area contributed by atoms with E-state index < -0.39 is 0 Å². The first-order valence-corrected chi connectivity index (χ1v) is 11.3. The Labute approximate surface area is 174 Å². The standard InChI is InChI=1S/C23H35N5O/c1-4-15(2)26-23-25-14-20-21(17-9-11-28(3)12-10-17)24-13-19(22(20)27-23)16-5-7-18(29)8-6-16/h13-18,29H,4-12H2,1-3H3,(H,25,26,27)/t15-,16-,18-/m0/s1. The minimum Gasteiger partial charge on any atom is -0.393 e. The highest BCUT2D eigenvalue weighted by Crippen LogP contribution is 2.38. The molecular formula is C23H35N5O. The first-order valence-electron chi connectivity index (χ1n) is 11.3. The van der Waals surface area contributed by atoms with Gasteiger partial charge in [0.1, 0.15) is 0 Å². The quantitative estimate of drug-likeness (QED) is 0.792. The number of anilines is 1. The third-order valence-corrected chi connectivity index (χ3v) is 6.91. The molecule has 0 spiro atoms. The number of aliphatic hydroxyl groups excluding tert-OH is 1. The van der Waals surface area contributed by atoms with Gasteiger partial charge < -0.3 is 15.3 Å². The lowest BCUT2D eigenvalue weighted by Gasteiger charge is -2.30. The van der Waals surface area contributed by atoms with Crippen molar-refractivity contribution in [1.82, 2.24) is 19.9 Å². The molecule has 2 fully saturated rings. The molecule has 6 nitrogen and oxygen atoms in total. The number of nitrogens with one attached hydrogen (secondary N) is 1. The summed E-state index contributed by atoms with van der Waals surface area (Å²) in [6, 6.07) is 0.343. The molecule has 2 aromatic rings. The van der Waals surface area contributed by atoms with E-state index in [1.165, 1.54) is 11.3 Å². The van der Waals surface area contributed by atoms with Gasteiger partial charge in [0.2, 0.25) is 5.95 Å². The van der Waals surface area contributed by atoms with Crippen molar-refractivity contribution in [3.05, 3.63) is 23.7 Å². The molecule has 0 aromatic carbocycles. The van der Waals surface area contributed by atoms with Crippen LogP contribution in [0.3, 0.4) is 0 Å². The second kappa shape index (κ2) is 8.92. The Morgan fingerprint density at radius 3 is 2.48 bits per heavy atom. The summed E-state index contributed by atoms with van der Waals surface area (Å²) in [7, 11) is 2.19. The van der Waals surface area contributed by atoms with E-state index in [4.69, 9.17) is 9.97 Å². The molecule has 2 N–H and O–H groups in total. The Balaban J connectivity index is 1.73. The molecule has 6 heteroatoms. The minimum absolute atomic E-state index is 0.152. The van der Waals surface area contributed by atoms with E-state index in [0.717, 1.165) is 68.9 Å². The van der Waals surface area contributed by atoms with Gasteiger partial charge in [-0.05, 0) is 77.9 Å². The van der Waals surface area contributed by atoms with Gasteiger partial charge in [-0.1, -0.05) is 6.92 Å². The van der Waals surface area contributed by atoms with Crippen LogP contribution in [0.1, 0.15) is 81.9 Å². The molecule has 4 rings (SSSR count). The summed E-state index contributed by atoms with van der Waals surface area (Å²) in [5, 5.41) is 14.5. The third kappa shape index (κ3) is 4.53. The summed E-state index contributed by atoms with van der Waals surface area (Å²) in [6.45, 7) is 6.56. The Kier molecular flexibility index (Phi) is 6.30. The normalized spacial score (nSPS) is 25.2. The summed E-state index contributed by atoms with van der Waals surface area (Å²) in [5.74, 6) is 1.61. The van der Waals surface area contributed by atoms with Crippen LogP contribution in [0.5, 0.6) is 0 Å². The molecule has 1 aliphatic heterocycles. The van der Waals surface area contributed by atoms with Gasteiger partial charge in [-0.2, -0.15) is 0 Å². The first-order chi connectivity index (χ1) is 14.0. The van der Waals surface area contributed by atoms with Crippen LogP contribution in [-0.2, 0) is 0 Å². The second-order valence-corrected chi connectivity index (χ2v) is 9.09. The number of likely N-dealkylation sites (tertiary alicyclic amines) is 1. The van der Waals surface area contributed by atoms with E-state index in [1.54, 1.807) is 0 Å². The maximum absolute atomic E-state index is 9.94. The third-order valence-electron chi connectivity index (χ3n) is 6.91. The van der Waals surface area contributed by atoms with Crippen LogP contribution >= 0.6 is 0 Å². The monoisotopic (exact) mass is 397 g/mol. The fraction of sp³-hybridized carbons (Fsp3) is 0.696. The van der Waals surface area contributed by atoms with Gasteiger partial charge in [0.25, 0.3) is 0 Å². The maximum Gasteiger partial charge on any atom is 0.223 e. The largest absolute Gasteiger partial charge is 0.393 e. The zero-order valence-corrected chi connectivity index (χ0v) is 18.1. The molecular weight excluding hydrogens is 362 g/mol. The molecule has 0 radical (unpaired) electrons. The summed E-state index contributed by atoms with van der Waals surface area (Å²) >= 11 is 0. The second-order valence-electron chi connectivity index (χ2n) is 9.09. The van der Waals surface area contributed by atoms with E-state index in [1.807, 2.05) is 6.20 Å². The summed E-state index contributed by atoms with van der Waals surface area (Å²) in [5.41, 5.74) is 3.47. The lowest BCUT2D eigenvalue weighted by molar-refractivity contribution is 0.122. The molecule has 1 atom stereocenters. The van der Waals surface area contributed by atoms with Crippen LogP contribution < -0.4 is 5.32 Å². The van der Waals surface area contributed by atoms with Gasteiger partial charge in [0, 0.05) is 35.3 Å². The van der Waals surface area contributed by atoms with Gasteiger partial charge >= 0.3 is 0 Å². The van der Waals surface area contributed by atoms with Gasteiger partial charge in [0.15, 0.2) is 0 Å². The van der Waals surface area contributed by atoms with E-state index >= 15 is 0 Å². The van der Waals surface area contributed by atoms with E-state index in [9.17, 15) is 5.11 Å². The number of piperidine rings is 1. The number of pyridine rings is 1. The molecule has 2 aliphatic rings. The summed E-state index contributed by atoms with van der Waals surface area (Å²) in [4.78, 5) is 17.0. The smallest absolute Gasteiger partial charge is 0.223 e. The fourth-order valence-electron chi connectivity index (χ4n) is 4.74. The van der Waals surface area contributed by atoms with Crippen LogP contribution in [0.15, 0.2) is 12.4 Å². The number of aromatic nitrogens is 3. The number of nitrogens with zero attached hydrogens (tertiary/aromatic N) is 4. The van der Waals surface area contributed by atoms with Crippen molar-refractivity contribution in [2.75, 3.05) is 25.5 Å². The lowest BCUT2D eigenvalue weighted by atomic mass is 9.82. The number of rotatable bonds is 5. The first kappa shape index (κ1) is 20.5. The Bertz CT molecular complexity index is 825. The zero-order valence-electron chi connectivity index (χ0n) is 18.1. The highest BCUT2D eigenvalue weighted by Gasteiger charge is 2.27. The highest BCUT2D eigenvalue weighted by molar-refractivity contribution is 5.85. The molecule has 1 aliphatic carbocycles. The highest BCUT2D eigenvalue weighted by atomic mass is 16.3. The molecule has 0 unspecified atom stereocenters. The van der Waals surface area contributed by atoms with Gasteiger partial charge in [-0.3, -0.25) is 4.98 Å². The Morgan fingerprint density at radius 2 is 1.79 bits per heavy atom. The maximum atomic E-state index is 9.94. The molecule has 1 saturated carbocycles. The minimum atomic E-state index is -0.152. The van der Waals surface area contributed by atoms with E-state index in [-0.39, 0.29) is 6.10 Å². The number of aliphatic hydroxyl groups is 1. The average Bonchev–Trinajstić information content (AvgIpc) is 2.74. The molecule has 2 aromatic heterocycles. The van der Waals surface area contributed by atoms with Crippen LogP contribution in [0.25, 0.3) is 10.9 Å². The molecule has 0 amide bonds. The van der Waals surface area contributed by atoms with Crippen LogP contribution in [-0.4, -0.2) is 57.2 Å². The molecule has 158 valence electrons. The zero-order chi connectivity index (χ0) is 20.4. The van der Waals surface area contributed by atoms with Crippen molar-refractivity contribution in [1.29, 1.82) is 0 Å². The number of fused-ring (bicyclic) bond motifs is 1. The SMILES string of the molecule is CC[C@H](C)Nc1ncc2c(C3CCN(C)CC3)ncc([C@H]3CC[C@H](O)CC3)c2n1. The van der Waals surface area contributed by atoms with Gasteiger partial charge in [-0.25, -0.2) is 9.97 Å². The van der Waals surface area contributed by atoms with E-state index in [0.29, 0.717) is 23.8 Å². The van der Waals surface area contributed by atoms with Crippen LogP contribution in [0.2, 0.25) is 0 Å². The molecule has 0 bridgehead atoms. The topological polar surface area (TPSA) is 74.2 Å². The molecule has 3 heterocycles. The molecule has 29 heavy (non-hydrogen) atoms. The summed E-state index contributed by atoms with van der Waals surface area (Å²) in [6.07, 6.45) is 11.0. The Morgan fingerprint density at radius 1 is 1.07 bits per heavy atom. The Hall–Kier alpha value is -1.79. The number of hydrogen-bond acceptors (Lipinski definition) is 6. The molecule has 1 saturated heterocycles. The predicted octanol–water partition coefficient (Wildman–Crippen LogP) is 4.06. The summed E-state index contributed by atoms with van der Waals surface area (Å²) < 4.78 is 0. The van der Waals surface area contributed by atoms with Crippen molar-refractivity contribution < 1.29 is 5.11 Å². The lowest BCUT2D eigenvalue weighted by Crippen LogP contribution is -2.29. The van der Waals surface area contributed by atoms with E-state index in [2.05, 4.69) is 42.3 Å². The number of hydrogen-bond donors (Lipinski definition) is 2.